The van der Waals surface area contributed by atoms with Crippen LogP contribution in [-0.2, 0) is 14.8 Å². The quantitative estimate of drug-likeness (QED) is 0.708. The molecule has 1 unspecified atom stereocenters. The van der Waals surface area contributed by atoms with Gasteiger partial charge >= 0.3 is 0 Å². The van der Waals surface area contributed by atoms with Crippen molar-refractivity contribution in [3.8, 4) is 0 Å². The van der Waals surface area contributed by atoms with Crippen LogP contribution in [0.1, 0.15) is 12.8 Å². The topological polar surface area (TPSA) is 58.6 Å². The van der Waals surface area contributed by atoms with Gasteiger partial charge in [0.05, 0.1) is 11.9 Å². The highest BCUT2D eigenvalue weighted by Gasteiger charge is 2.30. The predicted molar refractivity (Wildman–Crippen MR) is 59.3 cm³/mol. The number of ether oxygens (including phenoxy) is 1. The van der Waals surface area contributed by atoms with Gasteiger partial charge in [-0.15, -0.1) is 0 Å². The first kappa shape index (κ1) is 12.9. The number of rotatable bonds is 5. The predicted octanol–water partition coefficient (Wildman–Crippen LogP) is -0.354. The molecule has 0 aromatic rings. The molecule has 6 heteroatoms. The fourth-order valence-corrected chi connectivity index (χ4v) is 3.31. The van der Waals surface area contributed by atoms with Crippen LogP contribution in [0.25, 0.3) is 0 Å². The number of nitrogens with one attached hydrogen (secondary N) is 1. The number of piperidine rings is 1. The molecule has 0 spiro atoms. The van der Waals surface area contributed by atoms with Crippen LogP contribution >= 0.6 is 0 Å². The molecule has 90 valence electrons. The minimum absolute atomic E-state index is 0.270. The molecule has 1 atom stereocenters. The van der Waals surface area contributed by atoms with Crippen molar-refractivity contribution in [2.45, 2.75) is 18.1 Å². The van der Waals surface area contributed by atoms with Gasteiger partial charge < -0.3 is 10.1 Å². The zero-order valence-corrected chi connectivity index (χ0v) is 10.2. The Morgan fingerprint density at radius 3 is 2.80 bits per heavy atom. The van der Waals surface area contributed by atoms with Crippen LogP contribution in [-0.4, -0.2) is 58.4 Å². The van der Waals surface area contributed by atoms with Crippen molar-refractivity contribution in [1.82, 2.24) is 9.62 Å². The van der Waals surface area contributed by atoms with E-state index in [-0.39, 0.29) is 5.25 Å². The van der Waals surface area contributed by atoms with Crippen LogP contribution in [0.4, 0.5) is 0 Å². The lowest BCUT2D eigenvalue weighted by atomic mass is 10.2. The zero-order chi connectivity index (χ0) is 11.3. The summed E-state index contributed by atoms with van der Waals surface area (Å²) in [5.41, 5.74) is 0. The van der Waals surface area contributed by atoms with Crippen LogP contribution in [0.3, 0.4) is 0 Å². The second-order valence-corrected chi connectivity index (χ2v) is 6.15. The SMILES string of the molecule is COCCN(C)S(=O)(=O)C1CCCNC1. The number of hydrogen-bond donors (Lipinski definition) is 1. The van der Waals surface area contributed by atoms with Crippen molar-refractivity contribution >= 4 is 10.0 Å². The van der Waals surface area contributed by atoms with E-state index in [1.165, 1.54) is 4.31 Å². The van der Waals surface area contributed by atoms with Crippen molar-refractivity contribution in [3.05, 3.63) is 0 Å². The molecule has 5 nitrogen and oxygen atoms in total. The lowest BCUT2D eigenvalue weighted by Gasteiger charge is -2.27. The molecule has 1 rings (SSSR count). The molecule has 1 aliphatic rings. The van der Waals surface area contributed by atoms with Gasteiger partial charge in [0.1, 0.15) is 0 Å². The van der Waals surface area contributed by atoms with Gasteiger partial charge in [0.25, 0.3) is 0 Å². The Bertz CT molecular complexity index is 273. The third-order valence-electron chi connectivity index (χ3n) is 2.72. The van der Waals surface area contributed by atoms with Gasteiger partial charge in [-0.25, -0.2) is 12.7 Å². The minimum Gasteiger partial charge on any atom is -0.383 e. The van der Waals surface area contributed by atoms with E-state index in [1.807, 2.05) is 0 Å². The van der Waals surface area contributed by atoms with Crippen molar-refractivity contribution in [2.75, 3.05) is 40.4 Å². The molecule has 0 saturated carbocycles. The Labute approximate surface area is 91.8 Å². The summed E-state index contributed by atoms with van der Waals surface area (Å²) in [7, 11) is 0.0426. The summed E-state index contributed by atoms with van der Waals surface area (Å²) < 4.78 is 30.3. The van der Waals surface area contributed by atoms with Crippen LogP contribution in [0.5, 0.6) is 0 Å². The van der Waals surface area contributed by atoms with E-state index < -0.39 is 10.0 Å². The summed E-state index contributed by atoms with van der Waals surface area (Å²) in [4.78, 5) is 0. The van der Waals surface area contributed by atoms with E-state index in [1.54, 1.807) is 14.2 Å². The standard InChI is InChI=1S/C9H20N2O3S/c1-11(6-7-14-2)15(12,13)9-4-3-5-10-8-9/h9-10H,3-8H2,1-2H3. The van der Waals surface area contributed by atoms with Crippen LogP contribution in [0.15, 0.2) is 0 Å². The molecule has 0 amide bonds. The first-order chi connectivity index (χ1) is 7.09. The van der Waals surface area contributed by atoms with Crippen molar-refractivity contribution in [2.24, 2.45) is 0 Å². The van der Waals surface area contributed by atoms with Gasteiger partial charge in [-0.05, 0) is 19.4 Å². The average Bonchev–Trinajstić information content (AvgIpc) is 2.27. The van der Waals surface area contributed by atoms with Gasteiger partial charge in [0.15, 0.2) is 0 Å². The molecule has 0 aromatic heterocycles. The maximum atomic E-state index is 12.0. The van der Waals surface area contributed by atoms with Gasteiger partial charge in [-0.2, -0.15) is 0 Å². The van der Waals surface area contributed by atoms with Crippen molar-refractivity contribution in [1.29, 1.82) is 0 Å². The van der Waals surface area contributed by atoms with E-state index in [4.69, 9.17) is 4.74 Å². The molecule has 1 N–H and O–H groups in total. The second-order valence-electron chi connectivity index (χ2n) is 3.83. The van der Waals surface area contributed by atoms with E-state index in [9.17, 15) is 8.42 Å². The summed E-state index contributed by atoms with van der Waals surface area (Å²) in [6.07, 6.45) is 1.69. The first-order valence-electron chi connectivity index (χ1n) is 5.24. The molecule has 0 radical (unpaired) electrons. The van der Waals surface area contributed by atoms with Crippen LogP contribution in [0.2, 0.25) is 0 Å². The molecule has 0 aliphatic carbocycles. The number of likely N-dealkylation sites (N-methyl/N-ethyl adjacent to an activating group) is 1. The van der Waals surface area contributed by atoms with E-state index in [0.29, 0.717) is 19.7 Å². The Morgan fingerprint density at radius 2 is 2.27 bits per heavy atom. The Hall–Kier alpha value is -0.170. The third kappa shape index (κ3) is 3.41. The third-order valence-corrected chi connectivity index (χ3v) is 5.01. The molecular weight excluding hydrogens is 216 g/mol. The van der Waals surface area contributed by atoms with Crippen molar-refractivity contribution < 1.29 is 13.2 Å². The largest absolute Gasteiger partial charge is 0.383 e. The second kappa shape index (κ2) is 5.79. The van der Waals surface area contributed by atoms with E-state index in [0.717, 1.165) is 19.4 Å². The fourth-order valence-electron chi connectivity index (χ4n) is 1.68. The smallest absolute Gasteiger partial charge is 0.218 e. The highest BCUT2D eigenvalue weighted by atomic mass is 32.2. The lowest BCUT2D eigenvalue weighted by Crippen LogP contribution is -2.45. The van der Waals surface area contributed by atoms with Crippen LogP contribution < -0.4 is 5.32 Å². The van der Waals surface area contributed by atoms with Crippen molar-refractivity contribution in [3.63, 3.8) is 0 Å². The number of hydrogen-bond acceptors (Lipinski definition) is 4. The zero-order valence-electron chi connectivity index (χ0n) is 9.40. The highest BCUT2D eigenvalue weighted by molar-refractivity contribution is 7.89. The summed E-state index contributed by atoms with van der Waals surface area (Å²) in [5.74, 6) is 0. The Kier molecular flexibility index (Phi) is 4.98. The molecule has 0 aromatic carbocycles. The number of sulfonamides is 1. The molecule has 1 saturated heterocycles. The maximum Gasteiger partial charge on any atom is 0.218 e. The van der Waals surface area contributed by atoms with E-state index in [2.05, 4.69) is 5.32 Å². The monoisotopic (exact) mass is 236 g/mol. The maximum absolute atomic E-state index is 12.0. The summed E-state index contributed by atoms with van der Waals surface area (Å²) in [6, 6.07) is 0. The lowest BCUT2D eigenvalue weighted by molar-refractivity contribution is 0.184. The molecule has 0 bridgehead atoms. The van der Waals surface area contributed by atoms with Gasteiger partial charge in [0, 0.05) is 27.2 Å². The number of nitrogens with zero attached hydrogens (tertiary/aromatic N) is 1. The highest BCUT2D eigenvalue weighted by Crippen LogP contribution is 2.14. The normalized spacial score (nSPS) is 23.3. The summed E-state index contributed by atoms with van der Waals surface area (Å²) >= 11 is 0. The minimum atomic E-state index is -3.14. The van der Waals surface area contributed by atoms with Gasteiger partial charge in [-0.3, -0.25) is 0 Å². The van der Waals surface area contributed by atoms with Gasteiger partial charge in [-0.1, -0.05) is 0 Å². The Balaban J connectivity index is 2.55. The van der Waals surface area contributed by atoms with Gasteiger partial charge in [0.2, 0.25) is 10.0 Å². The molecule has 1 fully saturated rings. The fraction of sp³-hybridized carbons (Fsp3) is 1.00. The first-order valence-corrected chi connectivity index (χ1v) is 6.74. The number of methoxy groups -OCH3 is 1. The summed E-state index contributed by atoms with van der Waals surface area (Å²) in [6.45, 7) is 2.36. The molecule has 1 heterocycles. The summed E-state index contributed by atoms with van der Waals surface area (Å²) in [5, 5.41) is 2.84. The van der Waals surface area contributed by atoms with Crippen LogP contribution in [0, 0.1) is 0 Å². The molecule has 1 aliphatic heterocycles. The average molecular weight is 236 g/mol. The molecule has 15 heavy (non-hydrogen) atoms. The Morgan fingerprint density at radius 1 is 1.53 bits per heavy atom. The molecular formula is C9H20N2O3S. The van der Waals surface area contributed by atoms with E-state index >= 15 is 0 Å².